The average molecular weight is 327 g/mol. The number of nitrogens with one attached hydrogen (secondary N) is 1. The summed E-state index contributed by atoms with van der Waals surface area (Å²) < 4.78 is 5.31. The third-order valence-electron chi connectivity index (χ3n) is 3.79. The highest BCUT2D eigenvalue weighted by atomic mass is 16.6. The standard InChI is InChI=1S/C20H25NO3/c1-15(21-18(22)24-19(2,3)4)20(23,16-11-7-5-8-12-16)17-13-9-6-10-14-17/h5-15,23H,1-4H3,(H,21,22)/t15-/m1/s1. The summed E-state index contributed by atoms with van der Waals surface area (Å²) in [4.78, 5) is 12.1. The molecule has 0 aliphatic heterocycles. The number of amides is 1. The van der Waals surface area contributed by atoms with Crippen molar-refractivity contribution in [3.63, 3.8) is 0 Å². The smallest absolute Gasteiger partial charge is 0.407 e. The van der Waals surface area contributed by atoms with Gasteiger partial charge in [-0.15, -0.1) is 0 Å². The monoisotopic (exact) mass is 327 g/mol. The van der Waals surface area contributed by atoms with Gasteiger partial charge in [0, 0.05) is 0 Å². The van der Waals surface area contributed by atoms with Gasteiger partial charge in [0.05, 0.1) is 6.04 Å². The van der Waals surface area contributed by atoms with Crippen LogP contribution in [0.4, 0.5) is 4.79 Å². The van der Waals surface area contributed by atoms with E-state index < -0.39 is 23.3 Å². The van der Waals surface area contributed by atoms with Crippen molar-refractivity contribution in [1.82, 2.24) is 5.32 Å². The van der Waals surface area contributed by atoms with Crippen molar-refractivity contribution < 1.29 is 14.6 Å². The molecule has 0 spiro atoms. The van der Waals surface area contributed by atoms with Crippen LogP contribution in [0.25, 0.3) is 0 Å². The van der Waals surface area contributed by atoms with Crippen LogP contribution < -0.4 is 5.32 Å². The molecule has 0 radical (unpaired) electrons. The Kier molecular flexibility index (Phi) is 5.30. The number of benzene rings is 2. The predicted octanol–water partition coefficient (Wildman–Crippen LogP) is 3.84. The topological polar surface area (TPSA) is 58.6 Å². The molecule has 2 N–H and O–H groups in total. The van der Waals surface area contributed by atoms with Gasteiger partial charge in [-0.05, 0) is 38.8 Å². The minimum atomic E-state index is -1.36. The highest BCUT2D eigenvalue weighted by Gasteiger charge is 2.39. The Morgan fingerprint density at radius 2 is 1.38 bits per heavy atom. The second kappa shape index (κ2) is 7.05. The molecule has 0 aliphatic carbocycles. The summed E-state index contributed by atoms with van der Waals surface area (Å²) in [6.45, 7) is 7.18. The SMILES string of the molecule is C[C@@H](NC(=O)OC(C)(C)C)C(O)(c1ccccc1)c1ccccc1. The Labute approximate surface area is 143 Å². The molecule has 1 atom stereocenters. The maximum Gasteiger partial charge on any atom is 0.407 e. The van der Waals surface area contributed by atoms with Crippen LogP contribution in [0.1, 0.15) is 38.8 Å². The molecular weight excluding hydrogens is 302 g/mol. The molecule has 0 heterocycles. The fourth-order valence-corrected chi connectivity index (χ4v) is 2.64. The lowest BCUT2D eigenvalue weighted by Gasteiger charge is -2.36. The zero-order valence-electron chi connectivity index (χ0n) is 14.6. The number of rotatable bonds is 4. The minimum Gasteiger partial charge on any atom is -0.444 e. The third kappa shape index (κ3) is 4.15. The predicted molar refractivity (Wildman–Crippen MR) is 94.7 cm³/mol. The molecule has 0 unspecified atom stereocenters. The highest BCUT2D eigenvalue weighted by Crippen LogP contribution is 2.33. The number of carbonyl (C=O) groups excluding carboxylic acids is 1. The second-order valence-corrected chi connectivity index (χ2v) is 6.87. The normalized spacial score (nSPS) is 13.2. The number of alkyl carbamates (subject to hydrolysis) is 1. The van der Waals surface area contributed by atoms with Gasteiger partial charge in [-0.25, -0.2) is 4.79 Å². The fraction of sp³-hybridized carbons (Fsp3) is 0.350. The van der Waals surface area contributed by atoms with E-state index in [-0.39, 0.29) is 0 Å². The molecule has 4 heteroatoms. The van der Waals surface area contributed by atoms with Crippen LogP contribution in [0.15, 0.2) is 60.7 Å². The lowest BCUT2D eigenvalue weighted by Crippen LogP contribution is -2.50. The van der Waals surface area contributed by atoms with Gasteiger partial charge >= 0.3 is 6.09 Å². The highest BCUT2D eigenvalue weighted by molar-refractivity contribution is 5.68. The summed E-state index contributed by atoms with van der Waals surface area (Å²) in [5, 5.41) is 14.3. The van der Waals surface area contributed by atoms with E-state index in [9.17, 15) is 9.90 Å². The molecule has 0 aromatic heterocycles. The molecule has 0 saturated heterocycles. The van der Waals surface area contributed by atoms with Gasteiger partial charge in [-0.1, -0.05) is 60.7 Å². The van der Waals surface area contributed by atoms with Gasteiger partial charge in [0.2, 0.25) is 0 Å². The first kappa shape index (κ1) is 18.0. The van der Waals surface area contributed by atoms with Gasteiger partial charge in [-0.2, -0.15) is 0 Å². The second-order valence-electron chi connectivity index (χ2n) is 6.87. The molecule has 4 nitrogen and oxygen atoms in total. The van der Waals surface area contributed by atoms with Crippen LogP contribution in [0.3, 0.4) is 0 Å². The van der Waals surface area contributed by atoms with Crippen molar-refractivity contribution in [2.75, 3.05) is 0 Å². The zero-order valence-corrected chi connectivity index (χ0v) is 14.6. The minimum absolute atomic E-state index is 0.555. The maximum atomic E-state index is 12.1. The molecule has 0 saturated carbocycles. The van der Waals surface area contributed by atoms with E-state index in [4.69, 9.17) is 4.74 Å². The van der Waals surface area contributed by atoms with Gasteiger partial charge in [0.25, 0.3) is 0 Å². The van der Waals surface area contributed by atoms with E-state index in [1.165, 1.54) is 0 Å². The van der Waals surface area contributed by atoms with Gasteiger partial charge in [0.15, 0.2) is 0 Å². The molecular formula is C20H25NO3. The van der Waals surface area contributed by atoms with Gasteiger partial charge in [-0.3, -0.25) is 0 Å². The van der Waals surface area contributed by atoms with Crippen molar-refractivity contribution in [3.8, 4) is 0 Å². The Hall–Kier alpha value is -2.33. The van der Waals surface area contributed by atoms with E-state index in [1.807, 2.05) is 60.7 Å². The Bertz CT molecular complexity index is 623. The summed E-state index contributed by atoms with van der Waals surface area (Å²) in [6, 6.07) is 18.0. The van der Waals surface area contributed by atoms with E-state index in [0.717, 1.165) is 0 Å². The van der Waals surface area contributed by atoms with Gasteiger partial charge < -0.3 is 15.2 Å². The molecule has 2 rings (SSSR count). The van der Waals surface area contributed by atoms with Crippen LogP contribution in [0, 0.1) is 0 Å². The largest absolute Gasteiger partial charge is 0.444 e. The van der Waals surface area contributed by atoms with Crippen LogP contribution in [0.2, 0.25) is 0 Å². The van der Waals surface area contributed by atoms with Crippen molar-refractivity contribution >= 4 is 6.09 Å². The molecule has 2 aromatic rings. The van der Waals surface area contributed by atoms with Crippen molar-refractivity contribution in [2.45, 2.75) is 44.9 Å². The molecule has 0 fully saturated rings. The molecule has 128 valence electrons. The molecule has 2 aromatic carbocycles. The van der Waals surface area contributed by atoms with Crippen molar-refractivity contribution in [1.29, 1.82) is 0 Å². The first-order chi connectivity index (χ1) is 11.2. The van der Waals surface area contributed by atoms with Crippen LogP contribution in [0.5, 0.6) is 0 Å². The fourth-order valence-electron chi connectivity index (χ4n) is 2.64. The first-order valence-corrected chi connectivity index (χ1v) is 8.06. The van der Waals surface area contributed by atoms with E-state index in [2.05, 4.69) is 5.32 Å². The van der Waals surface area contributed by atoms with Crippen LogP contribution >= 0.6 is 0 Å². The number of hydrogen-bond donors (Lipinski definition) is 2. The zero-order chi connectivity index (χ0) is 17.8. The Morgan fingerprint density at radius 1 is 0.958 bits per heavy atom. The maximum absolute atomic E-state index is 12.1. The summed E-state index contributed by atoms with van der Waals surface area (Å²) in [5.74, 6) is 0. The Morgan fingerprint density at radius 3 is 1.75 bits per heavy atom. The van der Waals surface area contributed by atoms with Gasteiger partial charge in [0.1, 0.15) is 11.2 Å². The number of carbonyl (C=O) groups is 1. The number of ether oxygens (including phenoxy) is 1. The summed E-state index contributed by atoms with van der Waals surface area (Å²) in [5.41, 5.74) is -0.541. The summed E-state index contributed by atoms with van der Waals surface area (Å²) in [6.07, 6.45) is -0.555. The lowest BCUT2D eigenvalue weighted by atomic mass is 9.81. The molecule has 0 bridgehead atoms. The van der Waals surface area contributed by atoms with Crippen LogP contribution in [-0.2, 0) is 10.3 Å². The molecule has 1 amide bonds. The number of hydrogen-bond acceptors (Lipinski definition) is 3. The van der Waals surface area contributed by atoms with Crippen molar-refractivity contribution in [3.05, 3.63) is 71.8 Å². The third-order valence-corrected chi connectivity index (χ3v) is 3.79. The first-order valence-electron chi connectivity index (χ1n) is 8.06. The number of aliphatic hydroxyl groups is 1. The Balaban J connectivity index is 2.35. The van der Waals surface area contributed by atoms with E-state index >= 15 is 0 Å². The summed E-state index contributed by atoms with van der Waals surface area (Å²) >= 11 is 0. The lowest BCUT2D eigenvalue weighted by molar-refractivity contribution is 0.0210. The molecule has 0 aliphatic rings. The van der Waals surface area contributed by atoms with E-state index in [1.54, 1.807) is 27.7 Å². The summed E-state index contributed by atoms with van der Waals surface area (Å²) in [7, 11) is 0. The van der Waals surface area contributed by atoms with E-state index in [0.29, 0.717) is 11.1 Å². The van der Waals surface area contributed by atoms with Crippen LogP contribution in [-0.4, -0.2) is 22.8 Å². The quantitative estimate of drug-likeness (QED) is 0.897. The average Bonchev–Trinajstić information content (AvgIpc) is 2.53. The molecule has 24 heavy (non-hydrogen) atoms. The van der Waals surface area contributed by atoms with Crippen molar-refractivity contribution in [2.24, 2.45) is 0 Å².